The van der Waals surface area contributed by atoms with Gasteiger partial charge in [0.15, 0.2) is 11.9 Å². The fraction of sp³-hybridized carbons (Fsp3) is 0.711. The van der Waals surface area contributed by atoms with Crippen molar-refractivity contribution in [2.24, 2.45) is 58.3 Å². The first-order valence-electron chi connectivity index (χ1n) is 45.6. The molecule has 58 heteroatoms. The van der Waals surface area contributed by atoms with Crippen LogP contribution in [0.3, 0.4) is 0 Å². The van der Waals surface area contributed by atoms with E-state index in [2.05, 4.69) is 119 Å². The topological polar surface area (TPSA) is 948 Å². The van der Waals surface area contributed by atoms with Gasteiger partial charge in [-0.2, -0.15) is 12.6 Å². The molecular weight excluding hydrogens is 1890 g/mol. The monoisotopic (exact) mass is 2030 g/mol. The van der Waals surface area contributed by atoms with Gasteiger partial charge in [0.05, 0.1) is 51.7 Å². The molecule has 0 saturated carbocycles. The summed E-state index contributed by atoms with van der Waals surface area (Å²) >= 11 is 4.17. The van der Waals surface area contributed by atoms with Crippen molar-refractivity contribution < 1.29 is 141 Å². The van der Waals surface area contributed by atoms with E-state index < -0.39 is 352 Å². The van der Waals surface area contributed by atoms with Crippen molar-refractivity contribution in [2.45, 2.75) is 288 Å². The predicted molar refractivity (Wildman–Crippen MR) is 505 cm³/mol. The van der Waals surface area contributed by atoms with Crippen LogP contribution in [0.4, 0.5) is 0 Å². The molecule has 0 aliphatic heterocycles. The number of carbonyl (C=O) groups is 22. The van der Waals surface area contributed by atoms with Crippen LogP contribution in [0.2, 0.25) is 0 Å². The van der Waals surface area contributed by atoms with Gasteiger partial charge in [0.2, 0.25) is 124 Å². The Bertz CT molecular complexity index is 4270. The minimum Gasteiger partial charge on any atom is -0.480 e. The predicted octanol–water partition coefficient (Wildman–Crippen LogP) is -14.9. The fourth-order valence-electron chi connectivity index (χ4n) is 12.8. The number of primary amides is 2. The van der Waals surface area contributed by atoms with Crippen LogP contribution in [0.1, 0.15) is 168 Å². The number of hydrogen-bond donors (Lipinski definition) is 36. The fourth-order valence-corrected chi connectivity index (χ4v) is 13.1. The Balaban J connectivity index is 6.72. The van der Waals surface area contributed by atoms with Gasteiger partial charge < -0.3 is 176 Å². The molecule has 57 nitrogen and oxygen atoms in total. The zero-order valence-corrected chi connectivity index (χ0v) is 82.4. The van der Waals surface area contributed by atoms with Crippen molar-refractivity contribution in [1.82, 2.24) is 112 Å². The van der Waals surface area contributed by atoms with Gasteiger partial charge in [-0.25, -0.2) is 4.79 Å². The van der Waals surface area contributed by atoms with E-state index >= 15 is 0 Å². The Morgan fingerprint density at radius 1 is 0.312 bits per heavy atom. The van der Waals surface area contributed by atoms with Gasteiger partial charge in [-0.3, -0.25) is 112 Å². The molecule has 0 spiro atoms. The standard InChI is InChI=1S/C83H148N28O29S/c1-15-39(10)61(79(137)105-52(31-114)74(132)107-55(34-141)76(134)99-46(19-17-25-92-83(89)90)69(127)95-40(11)63(121)102-50(29-112)72(130)100-48(21-23-57(86)119)71(129)103-53(32-115)75(133)109-60(38(8)9)78(136)106-54(33-116)81(139)140)110-80(138)62(43(14)117)111-65(123)42(13)96-68(126)45(18-16-24-91-82(87)88)98-70(128)47(20-22-56(85)118)97-58(120)28-93-67(125)49(27-36(4)5)101-73(131)51(30-113)104-77(135)59(37(6)7)108-64(122)41(12)94-66(124)44(84)26-35(2)3/h35-55,59-62,112-117,141H,15-34,84H2,1-14H3,(H2,85,118)(H2,86,119)(H,93,125)(H,94,124)(H,95,127)(H,96,126)(H,97,120)(H,98,128)(H,99,134)(H,100,130)(H,101,131)(H,102,121)(H,103,129)(H,104,135)(H,105,137)(H,106,136)(H,107,132)(H,108,122)(H,109,133)(H,110,138)(H,111,123)(H,139,140)(H4,87,88,91)(H4,89,90,92)/t39-,40-,41-,42-,43+,44-,45-,46-,47-,48-,49-,50-,51-,52-,53-,54-,55-,59-,60-,61-,62-/m0/s1. The van der Waals surface area contributed by atoms with E-state index in [0.717, 1.165) is 20.8 Å². The molecule has 0 saturated heterocycles. The second-order valence-corrected chi connectivity index (χ2v) is 35.3. The van der Waals surface area contributed by atoms with Crippen LogP contribution in [0.15, 0.2) is 0 Å². The normalized spacial score (nSPS) is 15.6. The maximum Gasteiger partial charge on any atom is 0.328 e. The summed E-state index contributed by atoms with van der Waals surface area (Å²) in [6, 6.07) is -31.1. The van der Waals surface area contributed by atoms with E-state index in [1.807, 2.05) is 19.2 Å². The molecule has 141 heavy (non-hydrogen) atoms. The summed E-state index contributed by atoms with van der Waals surface area (Å²) in [7, 11) is 0. The number of guanidine groups is 2. The van der Waals surface area contributed by atoms with Gasteiger partial charge >= 0.3 is 5.97 Å². The van der Waals surface area contributed by atoms with Gasteiger partial charge in [-0.05, 0) is 109 Å². The third-order valence-corrected chi connectivity index (χ3v) is 21.6. The number of thiol groups is 1. The zero-order chi connectivity index (χ0) is 108. The molecule has 40 N–H and O–H groups in total. The molecule has 0 aromatic rings. The third-order valence-electron chi connectivity index (χ3n) is 21.2. The first kappa shape index (κ1) is 128. The van der Waals surface area contributed by atoms with Crippen LogP contribution < -0.4 is 140 Å². The lowest BCUT2D eigenvalue weighted by atomic mass is 9.97. The van der Waals surface area contributed by atoms with E-state index in [4.69, 9.17) is 39.5 Å². The SMILES string of the molecule is CC[C@H](C)[C@H](NC(=O)[C@@H](NC(=O)[C@H](C)NC(=O)[C@H](CCCNC(=N)N)NC(=O)[C@H](CCC(N)=O)NC(=O)CNC(=O)[C@H](CC(C)C)NC(=O)[C@H](CO)NC(=O)[C@@H](NC(=O)[C@H](C)NC(=O)[C@@H](N)CC(C)C)C(C)C)[C@@H](C)O)C(=O)N[C@@H](CO)C(=O)N[C@@H](CS)C(=O)N[C@@H](CCCNC(=N)N)C(=O)N[C@@H](C)C(=O)N[C@@H](CO)C(=O)N[C@@H](CCC(N)=O)C(=O)N[C@@H](CO)C(=O)N[C@H](C(=O)N[C@@H](CO)C(=O)O)C(C)C. The van der Waals surface area contributed by atoms with Gasteiger partial charge in [-0.15, -0.1) is 0 Å². The van der Waals surface area contributed by atoms with E-state index in [9.17, 15) is 141 Å². The van der Waals surface area contributed by atoms with Crippen LogP contribution >= 0.6 is 12.6 Å². The van der Waals surface area contributed by atoms with Crippen molar-refractivity contribution in [2.75, 3.05) is 58.4 Å². The summed E-state index contributed by atoms with van der Waals surface area (Å²) in [5, 5.41) is 135. The van der Waals surface area contributed by atoms with Gasteiger partial charge in [0.1, 0.15) is 109 Å². The summed E-state index contributed by atoms with van der Waals surface area (Å²) in [5.74, 6) is -28.4. The number of carboxylic acids is 1. The maximum absolute atomic E-state index is 14.2. The third kappa shape index (κ3) is 48.6. The summed E-state index contributed by atoms with van der Waals surface area (Å²) in [4.78, 5) is 296. The highest BCUT2D eigenvalue weighted by Gasteiger charge is 2.41. The lowest BCUT2D eigenvalue weighted by Gasteiger charge is -2.30. The number of hydrogen-bond acceptors (Lipinski definition) is 32. The number of nitrogens with one attached hydrogen (secondary N) is 23. The number of aliphatic hydroxyl groups is 6. The smallest absolute Gasteiger partial charge is 0.328 e. The van der Waals surface area contributed by atoms with Crippen LogP contribution in [-0.2, 0) is 105 Å². The Labute approximate surface area is 820 Å². The molecule has 0 rings (SSSR count). The average Bonchev–Trinajstić information content (AvgIpc) is 0.851. The first-order chi connectivity index (χ1) is 65.8. The van der Waals surface area contributed by atoms with Crippen LogP contribution in [-0.4, -0.2) is 357 Å². The zero-order valence-electron chi connectivity index (χ0n) is 81.5. The Hall–Kier alpha value is -13.0. The summed E-state index contributed by atoms with van der Waals surface area (Å²) in [6.07, 6.45) is -4.41. The van der Waals surface area contributed by atoms with Crippen molar-refractivity contribution in [3.05, 3.63) is 0 Å². The minimum absolute atomic E-state index is 0.0385. The van der Waals surface area contributed by atoms with Crippen molar-refractivity contribution in [3.63, 3.8) is 0 Å². The number of carbonyl (C=O) groups excluding carboxylic acids is 21. The van der Waals surface area contributed by atoms with Crippen LogP contribution in [0, 0.1) is 40.4 Å². The average molecular weight is 2030 g/mol. The molecule has 0 aliphatic carbocycles. The van der Waals surface area contributed by atoms with E-state index in [1.165, 1.54) is 27.7 Å². The number of nitrogens with two attached hydrogens (primary N) is 5. The lowest BCUT2D eigenvalue weighted by Crippen LogP contribution is -2.63. The molecule has 800 valence electrons. The Kier molecular flexibility index (Phi) is 59.7. The molecule has 0 aromatic heterocycles. The van der Waals surface area contributed by atoms with Crippen LogP contribution in [0.5, 0.6) is 0 Å². The van der Waals surface area contributed by atoms with E-state index in [0.29, 0.717) is 6.42 Å². The molecule has 0 aliphatic rings. The van der Waals surface area contributed by atoms with Gasteiger partial charge in [0.25, 0.3) is 0 Å². The van der Waals surface area contributed by atoms with E-state index in [1.54, 1.807) is 34.6 Å². The number of aliphatic carboxylic acids is 1. The molecule has 21 amide bonds. The van der Waals surface area contributed by atoms with Crippen LogP contribution in [0.25, 0.3) is 0 Å². The highest BCUT2D eigenvalue weighted by Crippen LogP contribution is 2.15. The second kappa shape index (κ2) is 65.8. The summed E-state index contributed by atoms with van der Waals surface area (Å²) < 4.78 is 0. The molecule has 0 unspecified atom stereocenters. The largest absolute Gasteiger partial charge is 0.480 e. The molecule has 0 bridgehead atoms. The Morgan fingerprint density at radius 3 is 0.950 bits per heavy atom. The first-order valence-corrected chi connectivity index (χ1v) is 46.2. The molecule has 0 fully saturated rings. The Morgan fingerprint density at radius 2 is 0.596 bits per heavy atom. The summed E-state index contributed by atoms with van der Waals surface area (Å²) in [5.41, 5.74) is 27.5. The number of carboxylic acid groups (broad SMARTS) is 1. The molecule has 0 heterocycles. The molecule has 21 atom stereocenters. The molecule has 0 aromatic carbocycles. The second-order valence-electron chi connectivity index (χ2n) is 35.0. The molecule has 0 radical (unpaired) electrons. The summed E-state index contributed by atoms with van der Waals surface area (Å²) in [6.45, 7) is 14.1. The minimum atomic E-state index is -1.96. The van der Waals surface area contributed by atoms with Crippen molar-refractivity contribution >= 4 is 155 Å². The lowest BCUT2D eigenvalue weighted by molar-refractivity contribution is -0.143. The van der Waals surface area contributed by atoms with Crippen molar-refractivity contribution in [1.29, 1.82) is 10.8 Å². The number of rotatable bonds is 68. The number of amides is 21. The van der Waals surface area contributed by atoms with E-state index in [-0.39, 0.29) is 63.5 Å². The highest BCUT2D eigenvalue weighted by atomic mass is 32.1. The quantitative estimate of drug-likeness (QED) is 0.0116. The maximum atomic E-state index is 14.2. The van der Waals surface area contributed by atoms with Gasteiger partial charge in [0, 0.05) is 31.7 Å². The number of aliphatic hydroxyl groups excluding tert-OH is 6. The highest BCUT2D eigenvalue weighted by molar-refractivity contribution is 7.80. The van der Waals surface area contributed by atoms with Gasteiger partial charge in [-0.1, -0.05) is 75.7 Å². The van der Waals surface area contributed by atoms with Crippen molar-refractivity contribution in [3.8, 4) is 0 Å². The molecular formula is C83H148N28O29S.